The largest absolute Gasteiger partial charge is 0.354 e. The van der Waals surface area contributed by atoms with Crippen LogP contribution < -0.4 is 20.7 Å². The van der Waals surface area contributed by atoms with Gasteiger partial charge in [-0.2, -0.15) is 0 Å². The molecule has 0 spiro atoms. The van der Waals surface area contributed by atoms with Crippen molar-refractivity contribution in [3.8, 4) is 0 Å². The molecular formula is C14H24N4O4S2. The highest BCUT2D eigenvalue weighted by molar-refractivity contribution is 7.91. The highest BCUT2D eigenvalue weighted by Gasteiger charge is 2.18. The first-order valence-electron chi connectivity index (χ1n) is 7.65. The van der Waals surface area contributed by atoms with E-state index in [1.54, 1.807) is 6.07 Å². The molecule has 1 heterocycles. The van der Waals surface area contributed by atoms with E-state index in [0.717, 1.165) is 29.2 Å². The molecule has 0 aliphatic rings. The van der Waals surface area contributed by atoms with Gasteiger partial charge >= 0.3 is 0 Å². The van der Waals surface area contributed by atoms with Gasteiger partial charge in [-0.25, -0.2) is 13.1 Å². The van der Waals surface area contributed by atoms with Crippen LogP contribution in [-0.4, -0.2) is 46.4 Å². The van der Waals surface area contributed by atoms with E-state index in [0.29, 0.717) is 13.1 Å². The quantitative estimate of drug-likeness (QED) is 0.398. The van der Waals surface area contributed by atoms with Crippen molar-refractivity contribution in [1.29, 1.82) is 0 Å². The SMILES string of the molecule is CCCNCCNC(=O)CNS(=O)(=O)c1ccc(CNC(C)=O)s1. The molecule has 0 aliphatic heterocycles. The van der Waals surface area contributed by atoms with E-state index in [-0.39, 0.29) is 29.1 Å². The van der Waals surface area contributed by atoms with Crippen molar-refractivity contribution in [2.24, 2.45) is 0 Å². The Balaban J connectivity index is 2.40. The fourth-order valence-electron chi connectivity index (χ4n) is 1.70. The third-order valence-corrected chi connectivity index (χ3v) is 5.87. The average Bonchev–Trinajstić information content (AvgIpc) is 3.01. The minimum Gasteiger partial charge on any atom is -0.354 e. The van der Waals surface area contributed by atoms with E-state index in [9.17, 15) is 18.0 Å². The van der Waals surface area contributed by atoms with E-state index in [4.69, 9.17) is 0 Å². The molecule has 0 bridgehead atoms. The predicted octanol–water partition coefficient (Wildman–Crippen LogP) is -0.222. The van der Waals surface area contributed by atoms with Crippen LogP contribution in [0.5, 0.6) is 0 Å². The summed E-state index contributed by atoms with van der Waals surface area (Å²) in [6.07, 6.45) is 1.01. The van der Waals surface area contributed by atoms with Crippen LogP contribution in [0.4, 0.5) is 0 Å². The van der Waals surface area contributed by atoms with Gasteiger partial charge in [0, 0.05) is 24.9 Å². The molecule has 4 N–H and O–H groups in total. The third-order valence-electron chi connectivity index (χ3n) is 2.89. The van der Waals surface area contributed by atoms with Crippen LogP contribution in [0.2, 0.25) is 0 Å². The highest BCUT2D eigenvalue weighted by Crippen LogP contribution is 2.21. The van der Waals surface area contributed by atoms with Crippen LogP contribution in [0.1, 0.15) is 25.1 Å². The van der Waals surface area contributed by atoms with E-state index >= 15 is 0 Å². The summed E-state index contributed by atoms with van der Waals surface area (Å²) in [5.41, 5.74) is 0. The minimum atomic E-state index is -3.73. The molecule has 1 rings (SSSR count). The molecule has 0 aliphatic carbocycles. The van der Waals surface area contributed by atoms with Crippen LogP contribution in [0.25, 0.3) is 0 Å². The third kappa shape index (κ3) is 7.86. The Bertz CT molecular complexity index is 643. The average molecular weight is 377 g/mol. The first kappa shape index (κ1) is 20.6. The van der Waals surface area contributed by atoms with Crippen molar-refractivity contribution in [2.45, 2.75) is 31.0 Å². The summed E-state index contributed by atoms with van der Waals surface area (Å²) in [6, 6.07) is 3.09. The van der Waals surface area contributed by atoms with Gasteiger partial charge in [0.15, 0.2) is 0 Å². The van der Waals surface area contributed by atoms with Gasteiger partial charge in [0.2, 0.25) is 11.8 Å². The summed E-state index contributed by atoms with van der Waals surface area (Å²) in [6.45, 7) is 5.37. The first-order valence-corrected chi connectivity index (χ1v) is 9.95. The van der Waals surface area contributed by atoms with E-state index in [2.05, 4.69) is 20.7 Å². The van der Waals surface area contributed by atoms with Crippen molar-refractivity contribution >= 4 is 33.2 Å². The molecule has 8 nitrogen and oxygen atoms in total. The lowest BCUT2D eigenvalue weighted by Crippen LogP contribution is -2.39. The first-order chi connectivity index (χ1) is 11.3. The zero-order chi connectivity index (χ0) is 18.0. The molecule has 0 radical (unpaired) electrons. The van der Waals surface area contributed by atoms with Gasteiger partial charge in [-0.1, -0.05) is 6.92 Å². The van der Waals surface area contributed by atoms with Crippen molar-refractivity contribution in [1.82, 2.24) is 20.7 Å². The number of hydrogen-bond acceptors (Lipinski definition) is 6. The Morgan fingerprint density at radius 3 is 2.54 bits per heavy atom. The van der Waals surface area contributed by atoms with Crippen molar-refractivity contribution < 1.29 is 18.0 Å². The van der Waals surface area contributed by atoms with Crippen LogP contribution in [0.15, 0.2) is 16.3 Å². The zero-order valence-corrected chi connectivity index (χ0v) is 15.5. The van der Waals surface area contributed by atoms with Gasteiger partial charge in [0.1, 0.15) is 4.21 Å². The number of sulfonamides is 1. The Morgan fingerprint density at radius 1 is 1.12 bits per heavy atom. The molecule has 1 aromatic rings. The van der Waals surface area contributed by atoms with Crippen LogP contribution >= 0.6 is 11.3 Å². The minimum absolute atomic E-state index is 0.111. The van der Waals surface area contributed by atoms with Gasteiger partial charge in [0.05, 0.1) is 13.1 Å². The second-order valence-electron chi connectivity index (χ2n) is 5.05. The predicted molar refractivity (Wildman–Crippen MR) is 93.2 cm³/mol. The number of hydrogen-bond donors (Lipinski definition) is 4. The Hall–Kier alpha value is -1.49. The highest BCUT2D eigenvalue weighted by atomic mass is 32.2. The van der Waals surface area contributed by atoms with Gasteiger partial charge in [0.25, 0.3) is 10.0 Å². The van der Waals surface area contributed by atoms with Crippen molar-refractivity contribution in [3.63, 3.8) is 0 Å². The monoisotopic (exact) mass is 376 g/mol. The number of carbonyl (C=O) groups is 2. The molecule has 0 fully saturated rings. The number of carbonyl (C=O) groups excluding carboxylic acids is 2. The van der Waals surface area contributed by atoms with Gasteiger partial charge in [-0.05, 0) is 25.1 Å². The van der Waals surface area contributed by atoms with Crippen molar-refractivity contribution in [2.75, 3.05) is 26.2 Å². The number of nitrogens with one attached hydrogen (secondary N) is 4. The second kappa shape index (κ2) is 10.4. The van der Waals surface area contributed by atoms with Gasteiger partial charge in [-0.15, -0.1) is 11.3 Å². The lowest BCUT2D eigenvalue weighted by Gasteiger charge is -2.07. The molecule has 24 heavy (non-hydrogen) atoms. The molecule has 0 unspecified atom stereocenters. The Kier molecular flexibility index (Phi) is 8.90. The summed E-state index contributed by atoms with van der Waals surface area (Å²) >= 11 is 1.05. The second-order valence-corrected chi connectivity index (χ2v) is 8.22. The Morgan fingerprint density at radius 2 is 1.88 bits per heavy atom. The molecule has 10 heteroatoms. The lowest BCUT2D eigenvalue weighted by molar-refractivity contribution is -0.120. The molecule has 136 valence electrons. The standard InChI is InChI=1S/C14H24N4O4S2/c1-3-6-15-7-8-16-13(20)10-18-24(21,22)14-5-4-12(23-14)9-17-11(2)19/h4-5,15,18H,3,6-10H2,1-2H3,(H,16,20)(H,17,19). The van der Waals surface area contributed by atoms with E-state index in [1.165, 1.54) is 13.0 Å². The number of amides is 2. The molecule has 0 aromatic carbocycles. The maximum absolute atomic E-state index is 12.1. The fourth-order valence-corrected chi connectivity index (χ4v) is 4.02. The molecule has 1 aromatic heterocycles. The van der Waals surface area contributed by atoms with E-state index < -0.39 is 10.0 Å². The van der Waals surface area contributed by atoms with Crippen LogP contribution in [0, 0.1) is 0 Å². The summed E-state index contributed by atoms with van der Waals surface area (Å²) in [7, 11) is -3.73. The molecule has 0 saturated heterocycles. The summed E-state index contributed by atoms with van der Waals surface area (Å²) in [5, 5.41) is 8.36. The summed E-state index contributed by atoms with van der Waals surface area (Å²) in [5.74, 6) is -0.567. The van der Waals surface area contributed by atoms with Crippen molar-refractivity contribution in [3.05, 3.63) is 17.0 Å². The van der Waals surface area contributed by atoms with Gasteiger partial charge < -0.3 is 16.0 Å². The summed E-state index contributed by atoms with van der Waals surface area (Å²) < 4.78 is 26.6. The maximum atomic E-state index is 12.1. The number of rotatable bonds is 11. The lowest BCUT2D eigenvalue weighted by atomic mass is 10.4. The summed E-state index contributed by atoms with van der Waals surface area (Å²) in [4.78, 5) is 23.2. The number of thiophene rings is 1. The Labute approximate surface area is 146 Å². The van der Waals surface area contributed by atoms with Crippen LogP contribution in [0.3, 0.4) is 0 Å². The molecular weight excluding hydrogens is 352 g/mol. The molecule has 0 saturated carbocycles. The normalized spacial score (nSPS) is 11.2. The smallest absolute Gasteiger partial charge is 0.250 e. The maximum Gasteiger partial charge on any atom is 0.250 e. The van der Waals surface area contributed by atoms with E-state index in [1.807, 2.05) is 6.92 Å². The topological polar surface area (TPSA) is 116 Å². The fraction of sp³-hybridized carbons (Fsp3) is 0.571. The molecule has 0 atom stereocenters. The molecule has 2 amide bonds. The van der Waals surface area contributed by atoms with Gasteiger partial charge in [-0.3, -0.25) is 9.59 Å². The van der Waals surface area contributed by atoms with Crippen LogP contribution in [-0.2, 0) is 26.2 Å². The zero-order valence-electron chi connectivity index (χ0n) is 13.8.